The van der Waals surface area contributed by atoms with Crippen molar-refractivity contribution in [3.8, 4) is 0 Å². The number of hydrogen-bond acceptors (Lipinski definition) is 3. The lowest BCUT2D eigenvalue weighted by atomic mass is 9.87. The second kappa shape index (κ2) is 6.72. The van der Waals surface area contributed by atoms with Crippen molar-refractivity contribution in [2.75, 3.05) is 26.7 Å². The van der Waals surface area contributed by atoms with Gasteiger partial charge >= 0.3 is 0 Å². The highest BCUT2D eigenvalue weighted by Crippen LogP contribution is 2.29. The maximum absolute atomic E-state index is 5.69. The third-order valence-corrected chi connectivity index (χ3v) is 4.56. The van der Waals surface area contributed by atoms with Gasteiger partial charge in [-0.25, -0.2) is 0 Å². The van der Waals surface area contributed by atoms with E-state index in [1.807, 2.05) is 7.11 Å². The maximum Gasteiger partial charge on any atom is 0.0726 e. The van der Waals surface area contributed by atoms with Gasteiger partial charge in [-0.05, 0) is 51.1 Å². The maximum atomic E-state index is 5.69. The highest BCUT2D eigenvalue weighted by molar-refractivity contribution is 4.87. The molecule has 1 aliphatic carbocycles. The van der Waals surface area contributed by atoms with E-state index in [9.17, 15) is 0 Å². The predicted octanol–water partition coefficient (Wildman–Crippen LogP) is 2.00. The molecular formula is C14H28N2O. The molecule has 3 nitrogen and oxygen atoms in total. The van der Waals surface area contributed by atoms with Crippen LogP contribution in [-0.4, -0.2) is 43.8 Å². The van der Waals surface area contributed by atoms with Gasteiger partial charge in [0.2, 0.25) is 0 Å². The first-order valence-electron chi connectivity index (χ1n) is 7.32. The highest BCUT2D eigenvalue weighted by atomic mass is 16.5. The summed E-state index contributed by atoms with van der Waals surface area (Å²) in [4.78, 5) is 2.69. The Kier molecular flexibility index (Phi) is 5.26. The Balaban J connectivity index is 1.90. The van der Waals surface area contributed by atoms with E-state index >= 15 is 0 Å². The quantitative estimate of drug-likeness (QED) is 0.817. The molecule has 0 spiro atoms. The summed E-state index contributed by atoms with van der Waals surface area (Å²) in [6.07, 6.45) is 9.68. The first-order valence-corrected chi connectivity index (χ1v) is 7.32. The molecule has 17 heavy (non-hydrogen) atoms. The smallest absolute Gasteiger partial charge is 0.0726 e. The van der Waals surface area contributed by atoms with Gasteiger partial charge < -0.3 is 10.5 Å². The van der Waals surface area contributed by atoms with E-state index in [2.05, 4.69) is 4.90 Å². The lowest BCUT2D eigenvalue weighted by Gasteiger charge is -2.43. The molecule has 1 heterocycles. The van der Waals surface area contributed by atoms with Gasteiger partial charge in [0.25, 0.3) is 0 Å². The standard InChI is InChI=1S/C14H28N2O/c1-17-14-7-3-2-6-13(14)16-10-4-5-12(11-16)8-9-15/h12-14H,2-11,15H2,1H3. The zero-order chi connectivity index (χ0) is 12.1. The molecule has 0 radical (unpaired) electrons. The van der Waals surface area contributed by atoms with Gasteiger partial charge in [-0.3, -0.25) is 4.90 Å². The Hall–Kier alpha value is -0.120. The van der Waals surface area contributed by atoms with Crippen molar-refractivity contribution in [3.63, 3.8) is 0 Å². The van der Waals surface area contributed by atoms with Crippen LogP contribution in [0.4, 0.5) is 0 Å². The molecule has 100 valence electrons. The van der Waals surface area contributed by atoms with Crippen molar-refractivity contribution in [1.82, 2.24) is 4.90 Å². The van der Waals surface area contributed by atoms with Crippen LogP contribution in [0.2, 0.25) is 0 Å². The Labute approximate surface area is 106 Å². The van der Waals surface area contributed by atoms with E-state index in [0.29, 0.717) is 12.1 Å². The van der Waals surface area contributed by atoms with Crippen LogP contribution < -0.4 is 5.73 Å². The summed E-state index contributed by atoms with van der Waals surface area (Å²) >= 11 is 0. The number of methoxy groups -OCH3 is 1. The van der Waals surface area contributed by atoms with Crippen LogP contribution in [0.3, 0.4) is 0 Å². The molecule has 2 aliphatic rings. The molecule has 0 aromatic heterocycles. The van der Waals surface area contributed by atoms with Gasteiger partial charge in [-0.15, -0.1) is 0 Å². The molecule has 3 atom stereocenters. The minimum absolute atomic E-state index is 0.473. The summed E-state index contributed by atoms with van der Waals surface area (Å²) in [5.74, 6) is 0.827. The van der Waals surface area contributed by atoms with Crippen LogP contribution >= 0.6 is 0 Å². The van der Waals surface area contributed by atoms with Crippen molar-refractivity contribution >= 4 is 0 Å². The molecule has 0 bridgehead atoms. The third-order valence-electron chi connectivity index (χ3n) is 4.56. The largest absolute Gasteiger partial charge is 0.380 e. The van der Waals surface area contributed by atoms with E-state index < -0.39 is 0 Å². The molecule has 0 aromatic rings. The number of piperidine rings is 1. The van der Waals surface area contributed by atoms with Crippen molar-refractivity contribution in [1.29, 1.82) is 0 Å². The number of nitrogens with zero attached hydrogens (tertiary/aromatic N) is 1. The van der Waals surface area contributed by atoms with E-state index in [1.165, 1.54) is 58.0 Å². The van der Waals surface area contributed by atoms with E-state index in [-0.39, 0.29) is 0 Å². The van der Waals surface area contributed by atoms with E-state index in [0.717, 1.165) is 12.5 Å². The zero-order valence-corrected chi connectivity index (χ0v) is 11.2. The summed E-state index contributed by atoms with van der Waals surface area (Å²) in [6, 6.07) is 0.675. The van der Waals surface area contributed by atoms with E-state index in [4.69, 9.17) is 10.5 Å². The fourth-order valence-corrected chi connectivity index (χ4v) is 3.64. The van der Waals surface area contributed by atoms with Crippen LogP contribution in [-0.2, 0) is 4.74 Å². The van der Waals surface area contributed by atoms with Crippen LogP contribution in [0.25, 0.3) is 0 Å². The molecule has 1 aliphatic heterocycles. The molecule has 1 saturated carbocycles. The predicted molar refractivity (Wildman–Crippen MR) is 71.0 cm³/mol. The number of likely N-dealkylation sites (tertiary alicyclic amines) is 1. The zero-order valence-electron chi connectivity index (χ0n) is 11.2. The average molecular weight is 240 g/mol. The number of hydrogen-bond donors (Lipinski definition) is 1. The molecule has 2 fully saturated rings. The number of ether oxygens (including phenoxy) is 1. The molecule has 1 saturated heterocycles. The van der Waals surface area contributed by atoms with Gasteiger partial charge in [0, 0.05) is 19.7 Å². The first-order chi connectivity index (χ1) is 8.35. The van der Waals surface area contributed by atoms with Gasteiger partial charge in [0.05, 0.1) is 6.10 Å². The summed E-state index contributed by atoms with van der Waals surface area (Å²) < 4.78 is 5.69. The molecule has 3 unspecified atom stereocenters. The average Bonchev–Trinajstić information content (AvgIpc) is 2.39. The van der Waals surface area contributed by atoms with E-state index in [1.54, 1.807) is 0 Å². The Morgan fingerprint density at radius 3 is 2.76 bits per heavy atom. The number of rotatable bonds is 4. The van der Waals surface area contributed by atoms with Crippen molar-refractivity contribution in [2.24, 2.45) is 11.7 Å². The monoisotopic (exact) mass is 240 g/mol. The molecular weight excluding hydrogens is 212 g/mol. The molecule has 0 amide bonds. The lowest BCUT2D eigenvalue weighted by Crippen LogP contribution is -2.50. The Morgan fingerprint density at radius 1 is 1.18 bits per heavy atom. The van der Waals surface area contributed by atoms with Crippen LogP contribution in [0.5, 0.6) is 0 Å². The fraction of sp³-hybridized carbons (Fsp3) is 1.00. The van der Waals surface area contributed by atoms with Gasteiger partial charge in [-0.1, -0.05) is 12.8 Å². The normalized spacial score (nSPS) is 36.0. The van der Waals surface area contributed by atoms with Crippen molar-refractivity contribution in [2.45, 2.75) is 57.1 Å². The van der Waals surface area contributed by atoms with Crippen molar-refractivity contribution in [3.05, 3.63) is 0 Å². The number of nitrogens with two attached hydrogens (primary N) is 1. The van der Waals surface area contributed by atoms with Gasteiger partial charge in [-0.2, -0.15) is 0 Å². The summed E-state index contributed by atoms with van der Waals surface area (Å²) in [5.41, 5.74) is 5.69. The first kappa shape index (κ1) is 13.3. The highest BCUT2D eigenvalue weighted by Gasteiger charge is 2.32. The van der Waals surface area contributed by atoms with Gasteiger partial charge in [0.15, 0.2) is 0 Å². The van der Waals surface area contributed by atoms with Crippen molar-refractivity contribution < 1.29 is 4.74 Å². The molecule has 2 rings (SSSR count). The van der Waals surface area contributed by atoms with Crippen LogP contribution in [0.1, 0.15) is 44.9 Å². The Morgan fingerprint density at radius 2 is 2.00 bits per heavy atom. The SMILES string of the molecule is COC1CCCCC1N1CCCC(CCN)C1. The molecule has 0 aromatic carbocycles. The minimum Gasteiger partial charge on any atom is -0.380 e. The third kappa shape index (κ3) is 3.43. The summed E-state index contributed by atoms with van der Waals surface area (Å²) in [6.45, 7) is 3.37. The summed E-state index contributed by atoms with van der Waals surface area (Å²) in [7, 11) is 1.88. The van der Waals surface area contributed by atoms with Gasteiger partial charge in [0.1, 0.15) is 0 Å². The topological polar surface area (TPSA) is 38.5 Å². The molecule has 2 N–H and O–H groups in total. The molecule has 3 heteroatoms. The summed E-state index contributed by atoms with van der Waals surface area (Å²) in [5, 5.41) is 0. The Bertz CT molecular complexity index is 220. The lowest BCUT2D eigenvalue weighted by molar-refractivity contribution is -0.0254. The minimum atomic E-state index is 0.473. The second-order valence-corrected chi connectivity index (χ2v) is 5.71. The van der Waals surface area contributed by atoms with Crippen LogP contribution in [0.15, 0.2) is 0 Å². The second-order valence-electron chi connectivity index (χ2n) is 5.71. The van der Waals surface area contributed by atoms with Crippen LogP contribution in [0, 0.1) is 5.92 Å². The fourth-order valence-electron chi connectivity index (χ4n) is 3.64.